The van der Waals surface area contributed by atoms with E-state index in [2.05, 4.69) is 36.2 Å². The van der Waals surface area contributed by atoms with E-state index in [1.807, 2.05) is 29.2 Å². The van der Waals surface area contributed by atoms with Crippen LogP contribution in [0.5, 0.6) is 0 Å². The van der Waals surface area contributed by atoms with Crippen molar-refractivity contribution in [1.29, 1.82) is 0 Å². The van der Waals surface area contributed by atoms with Crippen LogP contribution in [0.4, 0.5) is 0 Å². The maximum Gasteiger partial charge on any atom is 0.223 e. The fourth-order valence-electron chi connectivity index (χ4n) is 3.74. The van der Waals surface area contributed by atoms with Crippen molar-refractivity contribution < 1.29 is 4.79 Å². The molecule has 2 heterocycles. The van der Waals surface area contributed by atoms with E-state index in [1.165, 1.54) is 11.1 Å². The zero-order chi connectivity index (χ0) is 17.2. The molecule has 1 aliphatic rings. The number of aromatic amines is 1. The summed E-state index contributed by atoms with van der Waals surface area (Å²) >= 11 is 0. The number of para-hydroxylation sites is 2. The molecule has 1 saturated heterocycles. The summed E-state index contributed by atoms with van der Waals surface area (Å²) in [6.07, 6.45) is 3.37. The lowest BCUT2D eigenvalue weighted by molar-refractivity contribution is -0.132. The van der Waals surface area contributed by atoms with Gasteiger partial charge in [-0.2, -0.15) is 0 Å². The Kier molecular flexibility index (Phi) is 4.26. The van der Waals surface area contributed by atoms with E-state index in [-0.39, 0.29) is 11.9 Å². The van der Waals surface area contributed by atoms with Crippen LogP contribution in [0.3, 0.4) is 0 Å². The van der Waals surface area contributed by atoms with Crippen molar-refractivity contribution in [2.75, 3.05) is 6.54 Å². The highest BCUT2D eigenvalue weighted by molar-refractivity contribution is 5.78. The molecule has 0 spiro atoms. The highest BCUT2D eigenvalue weighted by Gasteiger charge is 2.31. The minimum Gasteiger partial charge on any atom is -0.340 e. The predicted molar refractivity (Wildman–Crippen MR) is 99.3 cm³/mol. The Bertz CT molecular complexity index is 866. The molecule has 1 N–H and O–H groups in total. The SMILES string of the molecule is Cc1cccc(CCC(=O)N2CCCC2c2nc3ccccc3[nH]2)c1. The van der Waals surface area contributed by atoms with Gasteiger partial charge in [0.1, 0.15) is 5.82 Å². The summed E-state index contributed by atoms with van der Waals surface area (Å²) in [6.45, 7) is 2.91. The van der Waals surface area contributed by atoms with E-state index in [0.29, 0.717) is 6.42 Å². The molecule has 0 bridgehead atoms. The number of carbonyl (C=O) groups is 1. The number of H-pyrrole nitrogens is 1. The number of benzene rings is 2. The average molecular weight is 333 g/mol. The molecule has 25 heavy (non-hydrogen) atoms. The first-order chi connectivity index (χ1) is 12.2. The Labute approximate surface area is 147 Å². The Balaban J connectivity index is 1.47. The number of fused-ring (bicyclic) bond motifs is 1. The molecule has 1 atom stereocenters. The normalized spacial score (nSPS) is 17.3. The largest absolute Gasteiger partial charge is 0.340 e. The number of hydrogen-bond donors (Lipinski definition) is 1. The first-order valence-electron chi connectivity index (χ1n) is 9.00. The topological polar surface area (TPSA) is 49.0 Å². The van der Waals surface area contributed by atoms with Gasteiger partial charge in [-0.05, 0) is 43.9 Å². The zero-order valence-corrected chi connectivity index (χ0v) is 14.5. The molecule has 1 fully saturated rings. The standard InChI is InChI=1S/C21H23N3O/c1-15-6-4-7-16(14-15)11-12-20(25)24-13-5-10-19(24)21-22-17-8-2-3-9-18(17)23-21/h2-4,6-9,14,19H,5,10-13H2,1H3,(H,22,23). The summed E-state index contributed by atoms with van der Waals surface area (Å²) < 4.78 is 0. The molecule has 2 aromatic carbocycles. The average Bonchev–Trinajstić information content (AvgIpc) is 3.26. The lowest BCUT2D eigenvalue weighted by Crippen LogP contribution is -2.31. The van der Waals surface area contributed by atoms with Crippen LogP contribution in [0.2, 0.25) is 0 Å². The molecule has 0 aliphatic carbocycles. The molecule has 1 aromatic heterocycles. The van der Waals surface area contributed by atoms with Crippen molar-refractivity contribution in [1.82, 2.24) is 14.9 Å². The van der Waals surface area contributed by atoms with Gasteiger partial charge in [-0.25, -0.2) is 4.98 Å². The molecule has 4 heteroatoms. The van der Waals surface area contributed by atoms with Gasteiger partial charge in [0.15, 0.2) is 0 Å². The molecule has 0 radical (unpaired) electrons. The second kappa shape index (κ2) is 6.71. The van der Waals surface area contributed by atoms with Crippen molar-refractivity contribution in [3.8, 4) is 0 Å². The van der Waals surface area contributed by atoms with Gasteiger partial charge < -0.3 is 9.88 Å². The van der Waals surface area contributed by atoms with Gasteiger partial charge in [0.25, 0.3) is 0 Å². The highest BCUT2D eigenvalue weighted by Crippen LogP contribution is 2.32. The zero-order valence-electron chi connectivity index (χ0n) is 14.5. The Morgan fingerprint density at radius 1 is 1.24 bits per heavy atom. The summed E-state index contributed by atoms with van der Waals surface area (Å²) in [6, 6.07) is 16.5. The second-order valence-electron chi connectivity index (χ2n) is 6.87. The van der Waals surface area contributed by atoms with Crippen molar-refractivity contribution in [2.45, 2.75) is 38.6 Å². The van der Waals surface area contributed by atoms with Gasteiger partial charge in [0, 0.05) is 13.0 Å². The van der Waals surface area contributed by atoms with Crippen LogP contribution in [0.25, 0.3) is 11.0 Å². The number of hydrogen-bond acceptors (Lipinski definition) is 2. The summed E-state index contributed by atoms with van der Waals surface area (Å²) in [5.74, 6) is 1.15. The van der Waals surface area contributed by atoms with Gasteiger partial charge in [-0.15, -0.1) is 0 Å². The number of likely N-dealkylation sites (tertiary alicyclic amines) is 1. The third-order valence-corrected chi connectivity index (χ3v) is 5.01. The summed E-state index contributed by atoms with van der Waals surface area (Å²) in [7, 11) is 0. The maximum atomic E-state index is 12.8. The number of rotatable bonds is 4. The van der Waals surface area contributed by atoms with Crippen LogP contribution in [-0.4, -0.2) is 27.3 Å². The second-order valence-corrected chi connectivity index (χ2v) is 6.87. The van der Waals surface area contributed by atoms with Gasteiger partial charge in [-0.3, -0.25) is 4.79 Å². The van der Waals surface area contributed by atoms with E-state index in [0.717, 1.165) is 42.7 Å². The number of aromatic nitrogens is 2. The third-order valence-electron chi connectivity index (χ3n) is 5.01. The Hall–Kier alpha value is -2.62. The first kappa shape index (κ1) is 15.9. The van der Waals surface area contributed by atoms with Crippen molar-refractivity contribution in [2.24, 2.45) is 0 Å². The molecule has 0 saturated carbocycles. The number of imidazole rings is 1. The van der Waals surface area contributed by atoms with E-state index in [1.54, 1.807) is 0 Å². The van der Waals surface area contributed by atoms with Crippen molar-refractivity contribution >= 4 is 16.9 Å². The third kappa shape index (κ3) is 3.29. The number of nitrogens with zero attached hydrogens (tertiary/aromatic N) is 2. The fourth-order valence-corrected chi connectivity index (χ4v) is 3.74. The minimum atomic E-state index is 0.0809. The van der Waals surface area contributed by atoms with Crippen molar-refractivity contribution in [3.05, 3.63) is 65.5 Å². The van der Waals surface area contributed by atoms with E-state index in [4.69, 9.17) is 4.98 Å². The molecule has 4 nitrogen and oxygen atoms in total. The van der Waals surface area contributed by atoms with Gasteiger partial charge in [-0.1, -0.05) is 42.0 Å². The Morgan fingerprint density at radius 3 is 2.96 bits per heavy atom. The molecule has 1 amide bonds. The number of carbonyl (C=O) groups excluding carboxylic acids is 1. The first-order valence-corrected chi connectivity index (χ1v) is 9.00. The molecule has 128 valence electrons. The molecule has 4 rings (SSSR count). The molecular formula is C21H23N3O. The molecular weight excluding hydrogens is 310 g/mol. The monoisotopic (exact) mass is 333 g/mol. The molecule has 1 unspecified atom stereocenters. The predicted octanol–water partition coefficient (Wildman–Crippen LogP) is 4.17. The quantitative estimate of drug-likeness (QED) is 0.779. The highest BCUT2D eigenvalue weighted by atomic mass is 16.2. The van der Waals surface area contributed by atoms with Gasteiger partial charge >= 0.3 is 0 Å². The maximum absolute atomic E-state index is 12.8. The number of nitrogens with one attached hydrogen (secondary N) is 1. The summed E-state index contributed by atoms with van der Waals surface area (Å²) in [5.41, 5.74) is 4.48. The van der Waals surface area contributed by atoms with Crippen LogP contribution in [0.15, 0.2) is 48.5 Å². The molecule has 1 aliphatic heterocycles. The summed E-state index contributed by atoms with van der Waals surface area (Å²) in [4.78, 5) is 22.9. The number of amides is 1. The summed E-state index contributed by atoms with van der Waals surface area (Å²) in [5, 5.41) is 0. The van der Waals surface area contributed by atoms with Crippen LogP contribution in [0, 0.1) is 6.92 Å². The van der Waals surface area contributed by atoms with Crippen LogP contribution < -0.4 is 0 Å². The van der Waals surface area contributed by atoms with Crippen LogP contribution in [-0.2, 0) is 11.2 Å². The van der Waals surface area contributed by atoms with Crippen LogP contribution >= 0.6 is 0 Å². The lowest BCUT2D eigenvalue weighted by atomic mass is 10.1. The lowest BCUT2D eigenvalue weighted by Gasteiger charge is -2.23. The van der Waals surface area contributed by atoms with E-state index < -0.39 is 0 Å². The van der Waals surface area contributed by atoms with E-state index in [9.17, 15) is 4.79 Å². The van der Waals surface area contributed by atoms with Crippen LogP contribution in [0.1, 0.15) is 42.3 Å². The smallest absolute Gasteiger partial charge is 0.223 e. The van der Waals surface area contributed by atoms with Gasteiger partial charge in [0.05, 0.1) is 17.1 Å². The van der Waals surface area contributed by atoms with E-state index >= 15 is 0 Å². The number of aryl methyl sites for hydroxylation is 2. The fraction of sp³-hybridized carbons (Fsp3) is 0.333. The minimum absolute atomic E-state index is 0.0809. The Morgan fingerprint density at radius 2 is 2.12 bits per heavy atom. The van der Waals surface area contributed by atoms with Gasteiger partial charge in [0.2, 0.25) is 5.91 Å². The molecule has 3 aromatic rings. The van der Waals surface area contributed by atoms with Crippen molar-refractivity contribution in [3.63, 3.8) is 0 Å².